The van der Waals surface area contributed by atoms with E-state index in [0.717, 1.165) is 0 Å². The summed E-state index contributed by atoms with van der Waals surface area (Å²) in [6.45, 7) is 1.78. The molecule has 16 heavy (non-hydrogen) atoms. The second-order valence-corrected chi connectivity index (χ2v) is 3.26. The lowest BCUT2D eigenvalue weighted by atomic mass is 10.1. The van der Waals surface area contributed by atoms with Crippen LogP contribution in [0.25, 0.3) is 10.9 Å². The molecule has 0 unspecified atom stereocenters. The maximum Gasteiger partial charge on any atom is 0.311 e. The Kier molecular flexibility index (Phi) is 2.40. The number of hydrogen-bond donors (Lipinski definition) is 0. The minimum absolute atomic E-state index is 0.0760. The van der Waals surface area contributed by atoms with Crippen LogP contribution in [0.5, 0.6) is 5.75 Å². The number of hydrogen-bond acceptors (Lipinski definition) is 5. The molecule has 0 fully saturated rings. The molecule has 0 spiro atoms. The van der Waals surface area contributed by atoms with Crippen molar-refractivity contribution in [1.29, 1.82) is 0 Å². The number of aryl methyl sites for hydroxylation is 1. The van der Waals surface area contributed by atoms with Gasteiger partial charge in [-0.25, -0.2) is 9.97 Å². The summed E-state index contributed by atoms with van der Waals surface area (Å²) < 4.78 is 4.95. The van der Waals surface area contributed by atoms with Crippen LogP contribution in [0.1, 0.15) is 5.69 Å². The zero-order valence-corrected chi connectivity index (χ0v) is 8.80. The lowest BCUT2D eigenvalue weighted by Gasteiger charge is -2.04. The van der Waals surface area contributed by atoms with Crippen LogP contribution in [0.2, 0.25) is 0 Å². The zero-order chi connectivity index (χ0) is 11.7. The maximum absolute atomic E-state index is 10.8. The molecule has 2 aromatic rings. The first-order chi connectivity index (χ1) is 7.63. The van der Waals surface area contributed by atoms with E-state index in [-0.39, 0.29) is 11.4 Å². The lowest BCUT2D eigenvalue weighted by molar-refractivity contribution is -0.385. The standard InChI is InChI=1S/C10H9N3O3/c1-6-7-3-9(13(14)15)10(16-2)4-8(7)12-5-11-6/h3-5H,1-2H3. The summed E-state index contributed by atoms with van der Waals surface area (Å²) in [6, 6.07) is 2.98. The molecule has 0 bridgehead atoms. The van der Waals surface area contributed by atoms with Gasteiger partial charge >= 0.3 is 5.69 Å². The molecule has 0 saturated heterocycles. The topological polar surface area (TPSA) is 78.2 Å². The van der Waals surface area contributed by atoms with Crippen molar-refractivity contribution in [2.45, 2.75) is 6.92 Å². The van der Waals surface area contributed by atoms with Crippen LogP contribution < -0.4 is 4.74 Å². The second-order valence-electron chi connectivity index (χ2n) is 3.26. The molecule has 0 aliphatic rings. The molecule has 1 heterocycles. The van der Waals surface area contributed by atoms with Gasteiger partial charge in [-0.3, -0.25) is 10.1 Å². The van der Waals surface area contributed by atoms with Gasteiger partial charge < -0.3 is 4.74 Å². The van der Waals surface area contributed by atoms with Gasteiger partial charge in [-0.15, -0.1) is 0 Å². The molecule has 2 rings (SSSR count). The van der Waals surface area contributed by atoms with Crippen molar-refractivity contribution in [2.24, 2.45) is 0 Å². The van der Waals surface area contributed by atoms with Crippen molar-refractivity contribution in [3.05, 3.63) is 34.3 Å². The normalized spacial score (nSPS) is 10.4. The predicted molar refractivity (Wildman–Crippen MR) is 57.5 cm³/mol. The highest BCUT2D eigenvalue weighted by Crippen LogP contribution is 2.31. The van der Waals surface area contributed by atoms with Gasteiger partial charge in [0.2, 0.25) is 0 Å². The van der Waals surface area contributed by atoms with Gasteiger partial charge in [-0.1, -0.05) is 0 Å². The molecule has 1 aromatic heterocycles. The number of fused-ring (bicyclic) bond motifs is 1. The molecule has 6 nitrogen and oxygen atoms in total. The number of methoxy groups -OCH3 is 1. The second kappa shape index (κ2) is 3.73. The minimum atomic E-state index is -0.481. The number of rotatable bonds is 2. The number of nitro groups is 1. The smallest absolute Gasteiger partial charge is 0.311 e. The first kappa shape index (κ1) is 10.3. The average Bonchev–Trinajstić information content (AvgIpc) is 2.27. The first-order valence-electron chi connectivity index (χ1n) is 4.57. The van der Waals surface area contributed by atoms with E-state index in [9.17, 15) is 10.1 Å². The Morgan fingerprint density at radius 1 is 1.38 bits per heavy atom. The summed E-state index contributed by atoms with van der Waals surface area (Å²) in [5.74, 6) is 0.204. The van der Waals surface area contributed by atoms with Gasteiger partial charge in [0.05, 0.1) is 17.5 Å². The molecule has 6 heteroatoms. The summed E-state index contributed by atoms with van der Waals surface area (Å²) in [5.41, 5.74) is 1.26. The number of nitrogens with zero attached hydrogens (tertiary/aromatic N) is 3. The van der Waals surface area contributed by atoms with Crippen LogP contribution in [0.4, 0.5) is 5.69 Å². The van der Waals surface area contributed by atoms with Crippen LogP contribution in [-0.2, 0) is 0 Å². The Morgan fingerprint density at radius 3 is 2.75 bits per heavy atom. The average molecular weight is 219 g/mol. The van der Waals surface area contributed by atoms with Gasteiger partial charge in [0.1, 0.15) is 6.33 Å². The third-order valence-electron chi connectivity index (χ3n) is 2.33. The Morgan fingerprint density at radius 2 is 2.12 bits per heavy atom. The maximum atomic E-state index is 10.8. The van der Waals surface area contributed by atoms with Crippen molar-refractivity contribution in [1.82, 2.24) is 9.97 Å². The molecule has 82 valence electrons. The van der Waals surface area contributed by atoms with Crippen molar-refractivity contribution in [3.63, 3.8) is 0 Å². The molecule has 0 saturated carbocycles. The first-order valence-corrected chi connectivity index (χ1v) is 4.57. The summed E-state index contributed by atoms with van der Waals surface area (Å²) in [7, 11) is 1.39. The third-order valence-corrected chi connectivity index (χ3v) is 2.33. The fourth-order valence-corrected chi connectivity index (χ4v) is 1.51. The molecule has 0 amide bonds. The van der Waals surface area contributed by atoms with Gasteiger partial charge in [0.25, 0.3) is 0 Å². The number of aromatic nitrogens is 2. The Balaban J connectivity index is 2.81. The fourth-order valence-electron chi connectivity index (χ4n) is 1.51. The molecular weight excluding hydrogens is 210 g/mol. The summed E-state index contributed by atoms with van der Waals surface area (Å²) in [6.07, 6.45) is 1.42. The molecule has 0 aliphatic carbocycles. The van der Waals surface area contributed by atoms with Crippen molar-refractivity contribution in [3.8, 4) is 5.75 Å². The van der Waals surface area contributed by atoms with Crippen LogP contribution in [0.3, 0.4) is 0 Å². The van der Waals surface area contributed by atoms with E-state index in [2.05, 4.69) is 9.97 Å². The van der Waals surface area contributed by atoms with Crippen LogP contribution in [-0.4, -0.2) is 22.0 Å². The fraction of sp³-hybridized carbons (Fsp3) is 0.200. The summed E-state index contributed by atoms with van der Waals surface area (Å²) >= 11 is 0. The van der Waals surface area contributed by atoms with Gasteiger partial charge in [-0.2, -0.15) is 0 Å². The highest BCUT2D eigenvalue weighted by molar-refractivity contribution is 5.85. The highest BCUT2D eigenvalue weighted by Gasteiger charge is 2.17. The van der Waals surface area contributed by atoms with Gasteiger partial charge in [0.15, 0.2) is 5.75 Å². The van der Waals surface area contributed by atoms with E-state index in [1.54, 1.807) is 13.0 Å². The van der Waals surface area contributed by atoms with E-state index in [0.29, 0.717) is 16.6 Å². The largest absolute Gasteiger partial charge is 0.490 e. The molecule has 0 aliphatic heterocycles. The minimum Gasteiger partial charge on any atom is -0.490 e. The van der Waals surface area contributed by atoms with Crippen molar-refractivity contribution >= 4 is 16.6 Å². The van der Waals surface area contributed by atoms with E-state index in [1.165, 1.54) is 19.5 Å². The third kappa shape index (κ3) is 1.54. The zero-order valence-electron chi connectivity index (χ0n) is 8.80. The molecule has 0 radical (unpaired) electrons. The van der Waals surface area contributed by atoms with E-state index in [4.69, 9.17) is 4.74 Å². The van der Waals surface area contributed by atoms with E-state index < -0.39 is 4.92 Å². The van der Waals surface area contributed by atoms with Crippen LogP contribution in [0, 0.1) is 17.0 Å². The number of nitro benzene ring substituents is 1. The summed E-state index contributed by atoms with van der Waals surface area (Å²) in [5, 5.41) is 11.5. The molecule has 1 aromatic carbocycles. The predicted octanol–water partition coefficient (Wildman–Crippen LogP) is 1.86. The van der Waals surface area contributed by atoms with Gasteiger partial charge in [-0.05, 0) is 6.92 Å². The monoisotopic (exact) mass is 219 g/mol. The molecule has 0 N–H and O–H groups in total. The van der Waals surface area contributed by atoms with Crippen molar-refractivity contribution in [2.75, 3.05) is 7.11 Å². The Hall–Kier alpha value is -2.24. The quantitative estimate of drug-likeness (QED) is 0.569. The highest BCUT2D eigenvalue weighted by atomic mass is 16.6. The Labute approximate surface area is 91.0 Å². The number of benzene rings is 1. The lowest BCUT2D eigenvalue weighted by Crippen LogP contribution is -1.96. The van der Waals surface area contributed by atoms with Gasteiger partial charge in [0, 0.05) is 23.2 Å². The number of ether oxygens (including phenoxy) is 1. The summed E-state index contributed by atoms with van der Waals surface area (Å²) in [4.78, 5) is 18.4. The van der Waals surface area contributed by atoms with Crippen LogP contribution >= 0.6 is 0 Å². The van der Waals surface area contributed by atoms with Crippen LogP contribution in [0.15, 0.2) is 18.5 Å². The van der Waals surface area contributed by atoms with E-state index >= 15 is 0 Å². The SMILES string of the molecule is COc1cc2ncnc(C)c2cc1[N+](=O)[O-]. The molecule has 0 atom stereocenters. The molecular formula is C10H9N3O3. The Bertz CT molecular complexity index is 568. The van der Waals surface area contributed by atoms with E-state index in [1.807, 2.05) is 0 Å². The van der Waals surface area contributed by atoms with Crippen molar-refractivity contribution < 1.29 is 9.66 Å².